The zero-order chi connectivity index (χ0) is 20.7. The van der Waals surface area contributed by atoms with Crippen LogP contribution in [0.25, 0.3) is 0 Å². The van der Waals surface area contributed by atoms with Crippen LogP contribution in [-0.4, -0.2) is 70.3 Å². The molecule has 12 nitrogen and oxygen atoms in total. The van der Waals surface area contributed by atoms with Crippen LogP contribution < -0.4 is 10.9 Å². The van der Waals surface area contributed by atoms with E-state index in [9.17, 15) is 31.6 Å². The van der Waals surface area contributed by atoms with E-state index in [2.05, 4.69) is 9.27 Å². The summed E-state index contributed by atoms with van der Waals surface area (Å²) in [6.07, 6.45) is 1.47. The largest absolute Gasteiger partial charge is 0.418 e. The van der Waals surface area contributed by atoms with Crippen molar-refractivity contribution < 1.29 is 40.4 Å². The van der Waals surface area contributed by atoms with Crippen molar-refractivity contribution in [2.24, 2.45) is 0 Å². The molecule has 1 aromatic heterocycles. The first-order valence-corrected chi connectivity index (χ1v) is 9.01. The van der Waals surface area contributed by atoms with Gasteiger partial charge in [0.15, 0.2) is 0 Å². The Morgan fingerprint density at radius 3 is 2.68 bits per heavy atom. The van der Waals surface area contributed by atoms with E-state index in [1.807, 2.05) is 10.9 Å². The van der Waals surface area contributed by atoms with Crippen molar-refractivity contribution >= 4 is 28.2 Å². The topological polar surface area (TPSA) is 158 Å². The molecule has 2 aliphatic heterocycles. The van der Waals surface area contributed by atoms with Crippen molar-refractivity contribution in [3.63, 3.8) is 0 Å². The van der Waals surface area contributed by atoms with Gasteiger partial charge >= 0.3 is 16.4 Å². The van der Waals surface area contributed by atoms with Gasteiger partial charge in [-0.25, -0.2) is 13.6 Å². The highest BCUT2D eigenvalue weighted by Crippen LogP contribution is 2.40. The van der Waals surface area contributed by atoms with Gasteiger partial charge in [-0.15, -0.1) is 4.28 Å². The van der Waals surface area contributed by atoms with E-state index >= 15 is 0 Å². The van der Waals surface area contributed by atoms with Gasteiger partial charge in [-0.2, -0.15) is 13.5 Å². The molecule has 2 fully saturated rings. The Morgan fingerprint density at radius 2 is 2.07 bits per heavy atom. The highest BCUT2D eigenvalue weighted by Gasteiger charge is 2.62. The van der Waals surface area contributed by atoms with Gasteiger partial charge in [-0.05, 0) is 12.1 Å². The van der Waals surface area contributed by atoms with Gasteiger partial charge in [-0.3, -0.25) is 30.0 Å². The lowest BCUT2D eigenvalue weighted by Crippen LogP contribution is -2.58. The van der Waals surface area contributed by atoms with Crippen LogP contribution in [0.3, 0.4) is 0 Å². The Hall–Kier alpha value is -2.91. The van der Waals surface area contributed by atoms with Crippen molar-refractivity contribution in [2.75, 3.05) is 6.54 Å². The van der Waals surface area contributed by atoms with Crippen LogP contribution in [0, 0.1) is 0 Å². The molecular formula is C13H13F2N5O7S. The quantitative estimate of drug-likeness (QED) is 0.416. The maximum absolute atomic E-state index is 14.3. The monoisotopic (exact) mass is 421 g/mol. The van der Waals surface area contributed by atoms with Crippen LogP contribution in [-0.2, 0) is 19.5 Å². The highest BCUT2D eigenvalue weighted by atomic mass is 32.3. The number of hydrogen-bond acceptors (Lipinski definition) is 7. The van der Waals surface area contributed by atoms with E-state index in [0.717, 1.165) is 0 Å². The smallest absolute Gasteiger partial charge is 0.308 e. The standard InChI is InChI=1S/C13H13F2N5O7S/c14-13(15)4-8(11(22)18-17-10(21)7-2-1-3-16-5-7)19-6-9(13)20(12(19)23)27-28(24,25)26/h1-3,5,8-9H,4,6H2,(H,17,21)(H,18,22)(H,24,25,26). The SMILES string of the molecule is O=C(NNC(=O)C1CC(F)(F)C2CN1C(=O)N2OS(=O)(=O)O)c1cccnc1. The Morgan fingerprint density at radius 1 is 1.36 bits per heavy atom. The second kappa shape index (κ2) is 6.92. The van der Waals surface area contributed by atoms with E-state index in [1.54, 1.807) is 0 Å². The second-order valence-electron chi connectivity index (χ2n) is 5.94. The predicted molar refractivity (Wildman–Crippen MR) is 83.6 cm³/mol. The molecule has 0 aromatic carbocycles. The number of fused-ring (bicyclic) bond motifs is 2. The molecule has 3 rings (SSSR count). The van der Waals surface area contributed by atoms with E-state index < -0.39 is 59.2 Å². The Balaban J connectivity index is 1.72. The van der Waals surface area contributed by atoms with Gasteiger partial charge in [0, 0.05) is 18.8 Å². The van der Waals surface area contributed by atoms with Crippen molar-refractivity contribution in [1.29, 1.82) is 0 Å². The van der Waals surface area contributed by atoms with Crippen LogP contribution >= 0.6 is 0 Å². The fourth-order valence-corrected chi connectivity index (χ4v) is 3.23. The second-order valence-corrected chi connectivity index (χ2v) is 6.95. The summed E-state index contributed by atoms with van der Waals surface area (Å²) in [5.41, 5.74) is 4.02. The normalized spacial score (nSPS) is 23.5. The molecule has 3 heterocycles. The number of amides is 4. The molecule has 15 heteroatoms. The summed E-state index contributed by atoms with van der Waals surface area (Å²) in [7, 11) is -5.24. The number of hydroxylamine groups is 2. The summed E-state index contributed by atoms with van der Waals surface area (Å²) < 4.78 is 62.8. The summed E-state index contributed by atoms with van der Waals surface area (Å²) in [6, 6.07) is -2.23. The summed E-state index contributed by atoms with van der Waals surface area (Å²) >= 11 is 0. The number of pyridine rings is 1. The first-order valence-electron chi connectivity index (χ1n) is 7.64. The zero-order valence-corrected chi connectivity index (χ0v) is 14.6. The molecular weight excluding hydrogens is 408 g/mol. The molecule has 0 spiro atoms. The van der Waals surface area contributed by atoms with Crippen molar-refractivity contribution in [3.05, 3.63) is 30.1 Å². The molecule has 0 aliphatic carbocycles. The maximum Gasteiger partial charge on any atom is 0.418 e. The van der Waals surface area contributed by atoms with Crippen LogP contribution in [0.15, 0.2) is 24.5 Å². The molecule has 0 saturated carbocycles. The van der Waals surface area contributed by atoms with E-state index in [-0.39, 0.29) is 10.6 Å². The molecule has 4 amide bonds. The van der Waals surface area contributed by atoms with Crippen LogP contribution in [0.4, 0.5) is 13.6 Å². The van der Waals surface area contributed by atoms with Crippen molar-refractivity contribution in [2.45, 2.75) is 24.4 Å². The molecule has 28 heavy (non-hydrogen) atoms. The number of aromatic nitrogens is 1. The van der Waals surface area contributed by atoms with Gasteiger partial charge in [0.2, 0.25) is 0 Å². The molecule has 2 aliphatic rings. The minimum atomic E-state index is -5.24. The van der Waals surface area contributed by atoms with E-state index in [4.69, 9.17) is 4.55 Å². The average Bonchev–Trinajstić information content (AvgIpc) is 2.90. The van der Waals surface area contributed by atoms with E-state index in [1.165, 1.54) is 24.5 Å². The summed E-state index contributed by atoms with van der Waals surface area (Å²) in [5.74, 6) is -5.61. The van der Waals surface area contributed by atoms with Crippen LogP contribution in [0.1, 0.15) is 16.8 Å². The number of halogens is 2. The molecule has 152 valence electrons. The zero-order valence-electron chi connectivity index (χ0n) is 13.8. The number of piperidine rings is 1. The minimum absolute atomic E-state index is 0.0850. The molecule has 2 atom stereocenters. The van der Waals surface area contributed by atoms with Gasteiger partial charge in [-0.1, -0.05) is 0 Å². The third-order valence-electron chi connectivity index (χ3n) is 4.12. The lowest BCUT2D eigenvalue weighted by Gasteiger charge is -2.34. The summed E-state index contributed by atoms with van der Waals surface area (Å²) in [4.78, 5) is 40.7. The van der Waals surface area contributed by atoms with Gasteiger partial charge in [0.05, 0.1) is 12.1 Å². The Kier molecular flexibility index (Phi) is 4.90. The molecule has 0 radical (unpaired) electrons. The van der Waals surface area contributed by atoms with Gasteiger partial charge < -0.3 is 4.90 Å². The van der Waals surface area contributed by atoms with E-state index in [0.29, 0.717) is 4.90 Å². The predicted octanol–water partition coefficient (Wildman–Crippen LogP) is -0.909. The molecule has 1 aromatic rings. The number of nitrogens with one attached hydrogen (secondary N) is 2. The number of carbonyl (C=O) groups excluding carboxylic acids is 3. The summed E-state index contributed by atoms with van der Waals surface area (Å²) in [6.45, 7) is -0.726. The number of hydrogen-bond donors (Lipinski definition) is 3. The lowest BCUT2D eigenvalue weighted by molar-refractivity contribution is -0.154. The summed E-state index contributed by atoms with van der Waals surface area (Å²) in [5, 5.41) is -0.184. The molecule has 2 bridgehead atoms. The molecule has 2 saturated heterocycles. The number of carbonyl (C=O) groups is 3. The number of alkyl halides is 2. The highest BCUT2D eigenvalue weighted by molar-refractivity contribution is 7.80. The first-order chi connectivity index (χ1) is 13.0. The first kappa shape index (κ1) is 19.8. The molecule has 2 unspecified atom stereocenters. The molecule has 3 N–H and O–H groups in total. The van der Waals surface area contributed by atoms with Gasteiger partial charge in [0.1, 0.15) is 12.1 Å². The van der Waals surface area contributed by atoms with Gasteiger partial charge in [0.25, 0.3) is 17.7 Å². The third kappa shape index (κ3) is 3.85. The number of urea groups is 1. The fraction of sp³-hybridized carbons (Fsp3) is 0.385. The average molecular weight is 421 g/mol. The van der Waals surface area contributed by atoms with Crippen LogP contribution in [0.2, 0.25) is 0 Å². The van der Waals surface area contributed by atoms with Crippen molar-refractivity contribution in [1.82, 2.24) is 25.8 Å². The Labute approximate surface area is 156 Å². The number of hydrazine groups is 1. The number of nitrogens with zero attached hydrogens (tertiary/aromatic N) is 3. The van der Waals surface area contributed by atoms with Crippen LogP contribution in [0.5, 0.6) is 0 Å². The Bertz CT molecular complexity index is 913. The lowest BCUT2D eigenvalue weighted by atomic mass is 9.96. The third-order valence-corrected chi connectivity index (χ3v) is 4.47. The maximum atomic E-state index is 14.3. The van der Waals surface area contributed by atoms with Crippen molar-refractivity contribution in [3.8, 4) is 0 Å². The fourth-order valence-electron chi connectivity index (χ4n) is 2.86. The number of rotatable bonds is 4. The minimum Gasteiger partial charge on any atom is -0.308 e.